The Morgan fingerprint density at radius 3 is 2.24 bits per heavy atom. The van der Waals surface area contributed by atoms with E-state index in [9.17, 15) is 9.46 Å². The summed E-state index contributed by atoms with van der Waals surface area (Å²) in [5, 5.41) is 0. The van der Waals surface area contributed by atoms with Gasteiger partial charge in [-0.2, -0.15) is 0 Å². The topological polar surface area (TPSA) is 55.8 Å². The van der Waals surface area contributed by atoms with Gasteiger partial charge in [0.05, 0.1) is 0 Å². The van der Waals surface area contributed by atoms with Crippen molar-refractivity contribution in [1.82, 2.24) is 14.4 Å². The van der Waals surface area contributed by atoms with E-state index in [0.717, 1.165) is 6.54 Å². The lowest BCUT2D eigenvalue weighted by molar-refractivity contribution is 0.325. The molecule has 0 radical (unpaired) electrons. The number of nitrogens with zero attached hydrogens (tertiary/aromatic N) is 2. The van der Waals surface area contributed by atoms with Crippen LogP contribution < -0.4 is 4.84 Å². The second-order valence-electron chi connectivity index (χ2n) is 5.30. The van der Waals surface area contributed by atoms with Crippen LogP contribution in [0.2, 0.25) is 0 Å². The molecule has 1 unspecified atom stereocenters. The molecule has 1 atom stereocenters. The number of hydrogen-bond acceptors (Lipinski definition) is 3. The molecule has 104 valence electrons. The Balaban J connectivity index is 4.23. The fourth-order valence-electron chi connectivity index (χ4n) is 1.14. The maximum Gasteiger partial charge on any atom is 0.269 e. The summed E-state index contributed by atoms with van der Waals surface area (Å²) in [6.07, 6.45) is 0.792. The van der Waals surface area contributed by atoms with E-state index in [4.69, 9.17) is 11.8 Å². The van der Waals surface area contributed by atoms with Crippen molar-refractivity contribution in [3.63, 3.8) is 0 Å². The zero-order valence-corrected chi connectivity index (χ0v) is 13.1. The van der Waals surface area contributed by atoms with E-state index in [-0.39, 0.29) is 11.7 Å². The predicted octanol–water partition coefficient (Wildman–Crippen LogP) is 1.58. The summed E-state index contributed by atoms with van der Waals surface area (Å²) >= 11 is 5.56. The fraction of sp³-hybridized carbons (Fsp3) is 1.00. The minimum Gasteiger partial charge on any atom is -0.333 e. The van der Waals surface area contributed by atoms with E-state index in [0.29, 0.717) is 13.0 Å². The first kappa shape index (κ1) is 17.4. The lowest BCUT2D eigenvalue weighted by Crippen LogP contribution is -2.34. The summed E-state index contributed by atoms with van der Waals surface area (Å²) in [7, 11) is 2.33. The van der Waals surface area contributed by atoms with Crippen LogP contribution in [0.4, 0.5) is 0 Å². The molecule has 0 bridgehead atoms. The van der Waals surface area contributed by atoms with Gasteiger partial charge in [-0.25, -0.2) is 9.51 Å². The summed E-state index contributed by atoms with van der Waals surface area (Å²) in [4.78, 5) is 14.5. The molecule has 0 aromatic rings. The van der Waals surface area contributed by atoms with Crippen LogP contribution >= 0.6 is 19.3 Å². The Labute approximate surface area is 110 Å². The molecule has 0 saturated heterocycles. The quantitative estimate of drug-likeness (QED) is 0.524. The largest absolute Gasteiger partial charge is 0.333 e. The van der Waals surface area contributed by atoms with Gasteiger partial charge in [-0.05, 0) is 53.2 Å². The van der Waals surface area contributed by atoms with Crippen molar-refractivity contribution in [2.45, 2.75) is 25.8 Å². The van der Waals surface area contributed by atoms with Gasteiger partial charge in [0, 0.05) is 24.8 Å². The van der Waals surface area contributed by atoms with Gasteiger partial charge < -0.3 is 9.79 Å². The Bertz CT molecular complexity index is 274. The highest BCUT2D eigenvalue weighted by Crippen LogP contribution is 2.45. The minimum atomic E-state index is -3.24. The lowest BCUT2D eigenvalue weighted by atomic mass is 10.0. The van der Waals surface area contributed by atoms with E-state index in [1.165, 1.54) is 4.67 Å². The van der Waals surface area contributed by atoms with Crippen molar-refractivity contribution >= 4 is 19.3 Å². The van der Waals surface area contributed by atoms with Gasteiger partial charge in [-0.1, -0.05) is 0 Å². The van der Waals surface area contributed by atoms with E-state index in [1.54, 1.807) is 7.05 Å². The molecule has 0 rings (SSSR count). The molecule has 0 aromatic carbocycles. The molecule has 0 aliphatic rings. The smallest absolute Gasteiger partial charge is 0.269 e. The molecule has 0 aliphatic carbocycles. The molecule has 7 heteroatoms. The van der Waals surface area contributed by atoms with Crippen molar-refractivity contribution in [2.75, 3.05) is 40.4 Å². The standard InChI is InChI=1S/C10H25ClN3O2P/c1-10(2,12-11)6-9-17(15,16)14(5)8-7-13(3)4/h12H,6-9H2,1-5H3,(H,15,16). The first-order valence-corrected chi connectivity index (χ1v) is 7.84. The first-order chi connectivity index (χ1) is 7.60. The molecule has 0 spiro atoms. The number of hydrogen-bond donors (Lipinski definition) is 2. The molecular weight excluding hydrogens is 261 g/mol. The third-order valence-corrected chi connectivity index (χ3v) is 5.27. The van der Waals surface area contributed by atoms with Crippen LogP contribution in [-0.2, 0) is 4.57 Å². The zero-order chi connectivity index (χ0) is 13.7. The van der Waals surface area contributed by atoms with E-state index < -0.39 is 7.52 Å². The van der Waals surface area contributed by atoms with Crippen LogP contribution in [0.1, 0.15) is 20.3 Å². The molecule has 0 saturated carbocycles. The third kappa shape index (κ3) is 7.39. The Hall–Kier alpha value is 0.360. The molecule has 2 N–H and O–H groups in total. The molecule has 0 heterocycles. The normalized spacial score (nSPS) is 16.5. The number of rotatable bonds is 8. The minimum absolute atomic E-state index is 0.240. The van der Waals surface area contributed by atoms with Gasteiger partial charge in [-0.3, -0.25) is 4.57 Å². The SMILES string of the molecule is CN(C)CCN(C)P(=O)(O)CCC(C)(C)NCl. The van der Waals surface area contributed by atoms with Crippen LogP contribution in [0.15, 0.2) is 0 Å². The molecule has 0 amide bonds. The average molecular weight is 286 g/mol. The second-order valence-corrected chi connectivity index (χ2v) is 7.95. The Kier molecular flexibility index (Phi) is 7.22. The van der Waals surface area contributed by atoms with Crippen LogP contribution in [-0.4, -0.2) is 60.4 Å². The first-order valence-electron chi connectivity index (χ1n) is 5.67. The molecule has 17 heavy (non-hydrogen) atoms. The highest BCUT2D eigenvalue weighted by Gasteiger charge is 2.28. The summed E-state index contributed by atoms with van der Waals surface area (Å²) in [6, 6.07) is 0. The predicted molar refractivity (Wildman–Crippen MR) is 73.6 cm³/mol. The summed E-state index contributed by atoms with van der Waals surface area (Å²) in [5.41, 5.74) is -0.331. The second kappa shape index (κ2) is 7.07. The summed E-state index contributed by atoms with van der Waals surface area (Å²) < 4.78 is 13.6. The van der Waals surface area contributed by atoms with Crippen LogP contribution in [0.25, 0.3) is 0 Å². The van der Waals surface area contributed by atoms with Gasteiger partial charge in [0.25, 0.3) is 7.52 Å². The molecule has 5 nitrogen and oxygen atoms in total. The lowest BCUT2D eigenvalue weighted by Gasteiger charge is -2.28. The number of nitrogens with one attached hydrogen (secondary N) is 1. The van der Waals surface area contributed by atoms with Gasteiger partial charge >= 0.3 is 0 Å². The molecule has 0 aromatic heterocycles. The molecule has 0 fully saturated rings. The van der Waals surface area contributed by atoms with Crippen LogP contribution in [0, 0.1) is 0 Å². The number of likely N-dealkylation sites (N-methyl/N-ethyl adjacent to an activating group) is 2. The zero-order valence-electron chi connectivity index (χ0n) is 11.4. The van der Waals surface area contributed by atoms with Crippen molar-refractivity contribution in [3.8, 4) is 0 Å². The third-order valence-electron chi connectivity index (χ3n) is 2.69. The van der Waals surface area contributed by atoms with E-state index in [2.05, 4.69) is 4.84 Å². The highest BCUT2D eigenvalue weighted by atomic mass is 35.5. The Morgan fingerprint density at radius 1 is 1.29 bits per heavy atom. The van der Waals surface area contributed by atoms with E-state index in [1.807, 2.05) is 32.8 Å². The van der Waals surface area contributed by atoms with E-state index >= 15 is 0 Å². The highest BCUT2D eigenvalue weighted by molar-refractivity contribution is 7.55. The molecular formula is C10H25ClN3O2P. The van der Waals surface area contributed by atoms with Gasteiger partial charge in [0.1, 0.15) is 0 Å². The summed E-state index contributed by atoms with van der Waals surface area (Å²) in [5.74, 6) is 0. The fourth-order valence-corrected chi connectivity index (χ4v) is 2.83. The van der Waals surface area contributed by atoms with Crippen LogP contribution in [0.3, 0.4) is 0 Å². The summed E-state index contributed by atoms with van der Waals surface area (Å²) in [6.45, 7) is 5.15. The van der Waals surface area contributed by atoms with Crippen molar-refractivity contribution in [1.29, 1.82) is 0 Å². The van der Waals surface area contributed by atoms with Crippen molar-refractivity contribution in [2.24, 2.45) is 0 Å². The monoisotopic (exact) mass is 285 g/mol. The molecule has 0 aliphatic heterocycles. The average Bonchev–Trinajstić information content (AvgIpc) is 2.23. The van der Waals surface area contributed by atoms with Crippen LogP contribution in [0.5, 0.6) is 0 Å². The van der Waals surface area contributed by atoms with Crippen molar-refractivity contribution in [3.05, 3.63) is 0 Å². The maximum atomic E-state index is 12.1. The van der Waals surface area contributed by atoms with Gasteiger partial charge in [-0.15, -0.1) is 0 Å². The van der Waals surface area contributed by atoms with Gasteiger partial charge in [0.15, 0.2) is 0 Å². The Morgan fingerprint density at radius 2 is 1.82 bits per heavy atom. The van der Waals surface area contributed by atoms with Gasteiger partial charge in [0.2, 0.25) is 0 Å². The number of halogens is 1. The maximum absolute atomic E-state index is 12.1. The van der Waals surface area contributed by atoms with Crippen molar-refractivity contribution < 1.29 is 9.46 Å².